The first-order chi connectivity index (χ1) is 13.4. The Morgan fingerprint density at radius 3 is 2.43 bits per heavy atom. The predicted octanol–water partition coefficient (Wildman–Crippen LogP) is 3.65. The lowest BCUT2D eigenvalue weighted by Crippen LogP contribution is -2.30. The number of nitrogens with one attached hydrogen (secondary N) is 1. The molecule has 0 aliphatic carbocycles. The number of anilines is 1. The molecule has 2 aromatic carbocycles. The number of benzene rings is 2. The molecule has 146 valence electrons. The summed E-state index contributed by atoms with van der Waals surface area (Å²) in [5.74, 6) is -0.855. The van der Waals surface area contributed by atoms with Gasteiger partial charge in [-0.15, -0.1) is 0 Å². The predicted molar refractivity (Wildman–Crippen MR) is 106 cm³/mol. The summed E-state index contributed by atoms with van der Waals surface area (Å²) in [7, 11) is 0. The van der Waals surface area contributed by atoms with Crippen LogP contribution in [-0.2, 0) is 20.9 Å². The molecule has 1 saturated heterocycles. The molecule has 0 radical (unpaired) electrons. The molecule has 1 N–H and O–H groups in total. The lowest BCUT2D eigenvalue weighted by molar-refractivity contribution is -0.128. The fraction of sp³-hybridized carbons (Fsp3) is 0.286. The molecule has 1 atom stereocenters. The molecule has 28 heavy (non-hydrogen) atoms. The van der Waals surface area contributed by atoms with Crippen molar-refractivity contribution in [3.05, 3.63) is 64.7 Å². The Morgan fingerprint density at radius 2 is 1.82 bits per heavy atom. The zero-order valence-corrected chi connectivity index (χ0v) is 16.2. The van der Waals surface area contributed by atoms with Crippen LogP contribution in [0.2, 0.25) is 5.02 Å². The molecule has 0 saturated carbocycles. The summed E-state index contributed by atoms with van der Waals surface area (Å²) in [6.45, 7) is 2.81. The van der Waals surface area contributed by atoms with Crippen LogP contribution < -0.4 is 5.32 Å². The van der Waals surface area contributed by atoms with Gasteiger partial charge >= 0.3 is 5.97 Å². The van der Waals surface area contributed by atoms with Gasteiger partial charge in [0.2, 0.25) is 5.91 Å². The number of halogens is 1. The van der Waals surface area contributed by atoms with Gasteiger partial charge in [0.15, 0.2) is 6.10 Å². The average molecular weight is 401 g/mol. The molecule has 7 heteroatoms. The van der Waals surface area contributed by atoms with Crippen molar-refractivity contribution in [3.8, 4) is 0 Å². The molecule has 1 fully saturated rings. The normalized spacial score (nSPS) is 14.6. The Bertz CT molecular complexity index is 865. The molecule has 0 aromatic heterocycles. The summed E-state index contributed by atoms with van der Waals surface area (Å²) in [4.78, 5) is 38.0. The maximum atomic E-state index is 12.3. The third-order valence-electron chi connectivity index (χ3n) is 4.50. The van der Waals surface area contributed by atoms with Crippen LogP contribution in [0.4, 0.5) is 5.69 Å². The Hall–Kier alpha value is -2.86. The summed E-state index contributed by atoms with van der Waals surface area (Å²) in [5, 5.41) is 3.23. The van der Waals surface area contributed by atoms with Crippen molar-refractivity contribution in [3.63, 3.8) is 0 Å². The second-order valence-electron chi connectivity index (χ2n) is 6.66. The number of carbonyl (C=O) groups excluding carboxylic acids is 3. The fourth-order valence-electron chi connectivity index (χ4n) is 2.90. The highest BCUT2D eigenvalue weighted by Crippen LogP contribution is 2.16. The number of esters is 1. The summed E-state index contributed by atoms with van der Waals surface area (Å²) >= 11 is 5.81. The number of hydrogen-bond acceptors (Lipinski definition) is 4. The first-order valence-corrected chi connectivity index (χ1v) is 9.44. The summed E-state index contributed by atoms with van der Waals surface area (Å²) in [6.07, 6.45) is 0.532. The highest BCUT2D eigenvalue weighted by atomic mass is 35.5. The van der Waals surface area contributed by atoms with Gasteiger partial charge < -0.3 is 15.0 Å². The molecule has 1 aliphatic heterocycles. The Morgan fingerprint density at radius 1 is 1.14 bits per heavy atom. The van der Waals surface area contributed by atoms with E-state index < -0.39 is 18.0 Å². The van der Waals surface area contributed by atoms with Crippen molar-refractivity contribution in [2.75, 3.05) is 11.9 Å². The van der Waals surface area contributed by atoms with Crippen molar-refractivity contribution in [1.82, 2.24) is 4.90 Å². The van der Waals surface area contributed by atoms with E-state index in [1.807, 2.05) is 0 Å². The van der Waals surface area contributed by atoms with Gasteiger partial charge in [-0.25, -0.2) is 4.79 Å². The number of likely N-dealkylation sites (tertiary alicyclic amines) is 1. The van der Waals surface area contributed by atoms with E-state index in [2.05, 4.69) is 5.32 Å². The molecule has 2 aromatic rings. The standard InChI is InChI=1S/C21H21ClN2O4/c1-14(20(26)23-18-10-8-17(22)9-11-18)28-21(27)16-6-4-15(5-7-16)13-24-12-2-3-19(24)25/h4-11,14H,2-3,12-13H2,1H3,(H,23,26)/t14-/m1/s1. The number of amides is 2. The highest BCUT2D eigenvalue weighted by molar-refractivity contribution is 6.30. The maximum Gasteiger partial charge on any atom is 0.338 e. The quantitative estimate of drug-likeness (QED) is 0.751. The fourth-order valence-corrected chi connectivity index (χ4v) is 3.02. The molecule has 3 rings (SSSR count). The number of nitrogens with zero attached hydrogens (tertiary/aromatic N) is 1. The summed E-state index contributed by atoms with van der Waals surface area (Å²) in [5.41, 5.74) is 1.86. The average Bonchev–Trinajstić information content (AvgIpc) is 3.08. The minimum atomic E-state index is -0.954. The molecule has 0 bridgehead atoms. The van der Waals surface area contributed by atoms with E-state index in [0.717, 1.165) is 18.5 Å². The summed E-state index contributed by atoms with van der Waals surface area (Å²) < 4.78 is 5.24. The lowest BCUT2D eigenvalue weighted by Gasteiger charge is -2.16. The second kappa shape index (κ2) is 8.89. The van der Waals surface area contributed by atoms with Crippen LogP contribution in [0.25, 0.3) is 0 Å². The van der Waals surface area contributed by atoms with Crippen LogP contribution in [0.1, 0.15) is 35.7 Å². The number of rotatable bonds is 6. The van der Waals surface area contributed by atoms with E-state index >= 15 is 0 Å². The first kappa shape index (κ1) is 19.9. The van der Waals surface area contributed by atoms with Gasteiger partial charge in [0.05, 0.1) is 5.56 Å². The monoisotopic (exact) mass is 400 g/mol. The largest absolute Gasteiger partial charge is 0.449 e. The van der Waals surface area contributed by atoms with Gasteiger partial charge in [-0.05, 0) is 55.3 Å². The van der Waals surface area contributed by atoms with E-state index in [9.17, 15) is 14.4 Å². The molecule has 0 spiro atoms. The topological polar surface area (TPSA) is 75.7 Å². The van der Waals surface area contributed by atoms with Crippen LogP contribution in [0.3, 0.4) is 0 Å². The molecule has 1 aliphatic rings. The minimum absolute atomic E-state index is 0.156. The van der Waals surface area contributed by atoms with Crippen LogP contribution in [0.15, 0.2) is 48.5 Å². The summed E-state index contributed by atoms with van der Waals surface area (Å²) in [6, 6.07) is 13.5. The van der Waals surface area contributed by atoms with Gasteiger partial charge in [-0.2, -0.15) is 0 Å². The van der Waals surface area contributed by atoms with Gasteiger partial charge in [-0.3, -0.25) is 9.59 Å². The zero-order valence-electron chi connectivity index (χ0n) is 15.5. The van der Waals surface area contributed by atoms with Crippen molar-refractivity contribution >= 4 is 35.1 Å². The lowest BCUT2D eigenvalue weighted by atomic mass is 10.1. The van der Waals surface area contributed by atoms with Crippen LogP contribution in [0, 0.1) is 0 Å². The van der Waals surface area contributed by atoms with E-state index in [1.54, 1.807) is 53.4 Å². The van der Waals surface area contributed by atoms with Crippen molar-refractivity contribution in [1.29, 1.82) is 0 Å². The minimum Gasteiger partial charge on any atom is -0.449 e. The second-order valence-corrected chi connectivity index (χ2v) is 7.10. The molecule has 1 heterocycles. The molecule has 6 nitrogen and oxygen atoms in total. The van der Waals surface area contributed by atoms with Gasteiger partial charge in [0.1, 0.15) is 0 Å². The van der Waals surface area contributed by atoms with Crippen LogP contribution >= 0.6 is 11.6 Å². The van der Waals surface area contributed by atoms with E-state index in [0.29, 0.717) is 29.2 Å². The molecule has 0 unspecified atom stereocenters. The Kier molecular flexibility index (Phi) is 6.31. The smallest absolute Gasteiger partial charge is 0.338 e. The van der Waals surface area contributed by atoms with Crippen molar-refractivity contribution < 1.29 is 19.1 Å². The van der Waals surface area contributed by atoms with Crippen LogP contribution in [0.5, 0.6) is 0 Å². The van der Waals surface area contributed by atoms with Crippen molar-refractivity contribution in [2.45, 2.75) is 32.4 Å². The number of hydrogen-bond donors (Lipinski definition) is 1. The van der Waals surface area contributed by atoms with Gasteiger partial charge in [0.25, 0.3) is 5.91 Å². The zero-order chi connectivity index (χ0) is 20.1. The molecular formula is C21H21ClN2O4. The maximum absolute atomic E-state index is 12.3. The molecule has 2 amide bonds. The Balaban J connectivity index is 1.53. The van der Waals surface area contributed by atoms with Crippen LogP contribution in [-0.4, -0.2) is 35.3 Å². The van der Waals surface area contributed by atoms with Gasteiger partial charge in [0, 0.05) is 30.2 Å². The van der Waals surface area contributed by atoms with E-state index in [-0.39, 0.29) is 5.91 Å². The third kappa shape index (κ3) is 5.10. The Labute approximate surface area is 168 Å². The molecular weight excluding hydrogens is 380 g/mol. The SMILES string of the molecule is C[C@@H](OC(=O)c1ccc(CN2CCCC2=O)cc1)C(=O)Nc1ccc(Cl)cc1. The highest BCUT2D eigenvalue weighted by Gasteiger charge is 2.21. The third-order valence-corrected chi connectivity index (χ3v) is 4.75. The van der Waals surface area contributed by atoms with Crippen molar-refractivity contribution in [2.24, 2.45) is 0 Å². The number of carbonyl (C=O) groups is 3. The number of ether oxygens (including phenoxy) is 1. The van der Waals surface area contributed by atoms with E-state index in [1.165, 1.54) is 6.92 Å². The van der Waals surface area contributed by atoms with E-state index in [4.69, 9.17) is 16.3 Å². The van der Waals surface area contributed by atoms with Gasteiger partial charge in [-0.1, -0.05) is 23.7 Å². The first-order valence-electron chi connectivity index (χ1n) is 9.06.